The maximum atomic E-state index is 13.2. The molecule has 1 aliphatic carbocycles. The number of carbonyl (C=O) groups is 1. The molecule has 2 heterocycles. The van der Waals surface area contributed by atoms with E-state index in [1.54, 1.807) is 0 Å². The van der Waals surface area contributed by atoms with Crippen molar-refractivity contribution >= 4 is 16.7 Å². The summed E-state index contributed by atoms with van der Waals surface area (Å²) in [5, 5.41) is 7.36. The molecule has 2 fully saturated rings. The molecule has 2 aliphatic rings. The SMILES string of the molecule is CC(C)(C)n1nc(C(=O)N2CCN(Cc3cccc4ccccc34)CC2)cc1C1CC1. The standard InChI is InChI=1S/C26H32N4O/c1-26(2,3)30-24(20-11-12-20)17-23(27-30)25(31)29-15-13-28(14-16-29)18-21-9-6-8-19-7-4-5-10-22(19)21/h4-10,17,20H,11-16,18H2,1-3H3. The minimum Gasteiger partial charge on any atom is -0.335 e. The van der Waals surface area contributed by atoms with E-state index in [0.29, 0.717) is 11.6 Å². The molecule has 3 aromatic rings. The highest BCUT2D eigenvalue weighted by Crippen LogP contribution is 2.41. The van der Waals surface area contributed by atoms with Crippen LogP contribution in [0.5, 0.6) is 0 Å². The van der Waals surface area contributed by atoms with E-state index in [9.17, 15) is 4.79 Å². The van der Waals surface area contributed by atoms with Crippen molar-refractivity contribution in [2.24, 2.45) is 0 Å². The number of nitrogens with zero attached hydrogens (tertiary/aromatic N) is 4. The molecule has 5 heteroatoms. The van der Waals surface area contributed by atoms with Crippen molar-refractivity contribution in [2.75, 3.05) is 26.2 Å². The normalized spacial score (nSPS) is 18.0. The number of piperazine rings is 1. The lowest BCUT2D eigenvalue weighted by Gasteiger charge is -2.34. The van der Waals surface area contributed by atoms with E-state index >= 15 is 0 Å². The highest BCUT2D eigenvalue weighted by Gasteiger charge is 2.33. The van der Waals surface area contributed by atoms with Crippen molar-refractivity contribution in [3.05, 3.63) is 65.5 Å². The Morgan fingerprint density at radius 3 is 2.42 bits per heavy atom. The molecule has 31 heavy (non-hydrogen) atoms. The maximum absolute atomic E-state index is 13.2. The molecule has 1 aromatic heterocycles. The Morgan fingerprint density at radius 2 is 1.71 bits per heavy atom. The Bertz CT molecular complexity index is 1090. The number of rotatable bonds is 4. The number of aromatic nitrogens is 2. The molecule has 1 aliphatic heterocycles. The molecule has 0 bridgehead atoms. The van der Waals surface area contributed by atoms with E-state index in [4.69, 9.17) is 5.10 Å². The van der Waals surface area contributed by atoms with E-state index in [1.807, 2.05) is 11.0 Å². The van der Waals surface area contributed by atoms with Gasteiger partial charge >= 0.3 is 0 Å². The van der Waals surface area contributed by atoms with Gasteiger partial charge in [-0.25, -0.2) is 0 Å². The average molecular weight is 417 g/mol. The van der Waals surface area contributed by atoms with Gasteiger partial charge in [0.1, 0.15) is 0 Å². The molecule has 1 saturated heterocycles. The van der Waals surface area contributed by atoms with Crippen molar-refractivity contribution in [1.82, 2.24) is 19.6 Å². The molecular formula is C26H32N4O. The van der Waals surface area contributed by atoms with Gasteiger partial charge in [-0.1, -0.05) is 42.5 Å². The maximum Gasteiger partial charge on any atom is 0.274 e. The van der Waals surface area contributed by atoms with Gasteiger partial charge in [-0.3, -0.25) is 14.4 Å². The molecule has 5 nitrogen and oxygen atoms in total. The lowest BCUT2D eigenvalue weighted by molar-refractivity contribution is 0.0621. The summed E-state index contributed by atoms with van der Waals surface area (Å²) in [5.74, 6) is 0.653. The summed E-state index contributed by atoms with van der Waals surface area (Å²) in [4.78, 5) is 17.6. The number of benzene rings is 2. The minimum absolute atomic E-state index is 0.0784. The average Bonchev–Trinajstić information content (AvgIpc) is 3.51. The smallest absolute Gasteiger partial charge is 0.274 e. The van der Waals surface area contributed by atoms with Crippen molar-refractivity contribution in [1.29, 1.82) is 0 Å². The summed E-state index contributed by atoms with van der Waals surface area (Å²) in [5.41, 5.74) is 3.09. The fourth-order valence-electron chi connectivity index (χ4n) is 4.65. The van der Waals surface area contributed by atoms with Crippen LogP contribution in [-0.2, 0) is 12.1 Å². The Labute approximate surface area is 184 Å². The molecule has 0 spiro atoms. The lowest BCUT2D eigenvalue weighted by Crippen LogP contribution is -2.48. The summed E-state index contributed by atoms with van der Waals surface area (Å²) in [7, 11) is 0. The molecule has 0 radical (unpaired) electrons. The van der Waals surface area contributed by atoms with E-state index in [0.717, 1.165) is 32.7 Å². The second kappa shape index (κ2) is 7.79. The van der Waals surface area contributed by atoms with Gasteiger partial charge in [-0.15, -0.1) is 0 Å². The highest BCUT2D eigenvalue weighted by atomic mass is 16.2. The first-order valence-corrected chi connectivity index (χ1v) is 11.5. The topological polar surface area (TPSA) is 41.4 Å². The third-order valence-electron chi connectivity index (χ3n) is 6.52. The van der Waals surface area contributed by atoms with E-state index in [-0.39, 0.29) is 11.4 Å². The number of carbonyl (C=O) groups excluding carboxylic acids is 1. The van der Waals surface area contributed by atoms with Crippen LogP contribution in [0.4, 0.5) is 0 Å². The second-order valence-corrected chi connectivity index (χ2v) is 10.0. The van der Waals surface area contributed by atoms with Crippen molar-refractivity contribution in [2.45, 2.75) is 51.6 Å². The molecular weight excluding hydrogens is 384 g/mol. The van der Waals surface area contributed by atoms with Gasteiger partial charge in [-0.2, -0.15) is 5.10 Å². The first-order chi connectivity index (χ1) is 14.9. The number of amides is 1. The molecule has 0 unspecified atom stereocenters. The van der Waals surface area contributed by atoms with Crippen LogP contribution in [0.1, 0.15) is 61.3 Å². The van der Waals surface area contributed by atoms with Crippen LogP contribution in [-0.4, -0.2) is 51.7 Å². The van der Waals surface area contributed by atoms with Crippen LogP contribution < -0.4 is 0 Å². The zero-order valence-corrected chi connectivity index (χ0v) is 18.8. The Kier molecular flexibility index (Phi) is 5.09. The summed E-state index contributed by atoms with van der Waals surface area (Å²) < 4.78 is 2.08. The van der Waals surface area contributed by atoms with Crippen LogP contribution >= 0.6 is 0 Å². The van der Waals surface area contributed by atoms with Gasteiger partial charge in [0, 0.05) is 44.3 Å². The molecule has 5 rings (SSSR count). The molecule has 1 amide bonds. The van der Waals surface area contributed by atoms with Crippen LogP contribution in [0.3, 0.4) is 0 Å². The van der Waals surface area contributed by atoms with Gasteiger partial charge in [0.15, 0.2) is 5.69 Å². The molecule has 0 N–H and O–H groups in total. The van der Waals surface area contributed by atoms with Crippen LogP contribution in [0, 0.1) is 0 Å². The van der Waals surface area contributed by atoms with Gasteiger partial charge in [0.25, 0.3) is 5.91 Å². The predicted molar refractivity (Wildman–Crippen MR) is 124 cm³/mol. The highest BCUT2D eigenvalue weighted by molar-refractivity contribution is 5.92. The summed E-state index contributed by atoms with van der Waals surface area (Å²) in [6, 6.07) is 17.1. The van der Waals surface area contributed by atoms with Crippen molar-refractivity contribution < 1.29 is 4.79 Å². The molecule has 162 valence electrons. The molecule has 1 saturated carbocycles. The first-order valence-electron chi connectivity index (χ1n) is 11.5. The largest absolute Gasteiger partial charge is 0.335 e. The van der Waals surface area contributed by atoms with E-state index < -0.39 is 0 Å². The number of hydrogen-bond acceptors (Lipinski definition) is 3. The van der Waals surface area contributed by atoms with Crippen molar-refractivity contribution in [3.63, 3.8) is 0 Å². The van der Waals surface area contributed by atoms with Crippen LogP contribution in [0.15, 0.2) is 48.5 Å². The minimum atomic E-state index is -0.104. The predicted octanol–water partition coefficient (Wildman–Crippen LogP) is 4.63. The Morgan fingerprint density at radius 1 is 1.00 bits per heavy atom. The van der Waals surface area contributed by atoms with Gasteiger partial charge in [-0.05, 0) is 56.0 Å². The van der Waals surface area contributed by atoms with Crippen molar-refractivity contribution in [3.8, 4) is 0 Å². The van der Waals surface area contributed by atoms with Crippen LogP contribution in [0.25, 0.3) is 10.8 Å². The summed E-state index contributed by atoms with van der Waals surface area (Å²) in [6.07, 6.45) is 2.42. The fourth-order valence-corrected chi connectivity index (χ4v) is 4.65. The zero-order valence-electron chi connectivity index (χ0n) is 18.8. The second-order valence-electron chi connectivity index (χ2n) is 10.0. The third-order valence-corrected chi connectivity index (χ3v) is 6.52. The molecule has 0 atom stereocenters. The lowest BCUT2D eigenvalue weighted by atomic mass is 10.0. The van der Waals surface area contributed by atoms with Gasteiger partial charge < -0.3 is 4.90 Å². The number of hydrogen-bond donors (Lipinski definition) is 0. The number of fused-ring (bicyclic) bond motifs is 1. The quantitative estimate of drug-likeness (QED) is 0.623. The van der Waals surface area contributed by atoms with E-state index in [1.165, 1.54) is 34.9 Å². The summed E-state index contributed by atoms with van der Waals surface area (Å²) in [6.45, 7) is 10.7. The Balaban J connectivity index is 1.26. The Hall–Kier alpha value is -2.66. The zero-order chi connectivity index (χ0) is 21.6. The summed E-state index contributed by atoms with van der Waals surface area (Å²) >= 11 is 0. The monoisotopic (exact) mass is 416 g/mol. The van der Waals surface area contributed by atoms with E-state index in [2.05, 4.69) is 72.8 Å². The fraction of sp³-hybridized carbons (Fsp3) is 0.462. The van der Waals surface area contributed by atoms with Gasteiger partial charge in [0.2, 0.25) is 0 Å². The van der Waals surface area contributed by atoms with Crippen LogP contribution in [0.2, 0.25) is 0 Å². The van der Waals surface area contributed by atoms with Gasteiger partial charge in [0.05, 0.1) is 5.54 Å². The third kappa shape index (κ3) is 4.11. The first kappa shape index (κ1) is 20.3. The molecule has 2 aromatic carbocycles.